The molecule has 0 aromatic carbocycles. The number of ether oxygens (including phenoxy) is 2. The first-order valence-electron chi connectivity index (χ1n) is 8.73. The third-order valence-corrected chi connectivity index (χ3v) is 4.15. The Morgan fingerprint density at radius 1 is 1.52 bits per heavy atom. The number of morpholine rings is 1. The third kappa shape index (κ3) is 6.07. The van der Waals surface area contributed by atoms with Gasteiger partial charge in [0.2, 0.25) is 0 Å². The van der Waals surface area contributed by atoms with Crippen LogP contribution in [0.3, 0.4) is 0 Å². The predicted molar refractivity (Wildman–Crippen MR) is 96.0 cm³/mol. The summed E-state index contributed by atoms with van der Waals surface area (Å²) in [7, 11) is 3.55. The highest BCUT2D eigenvalue weighted by atomic mass is 16.5. The quantitative estimate of drug-likeness (QED) is 0.687. The molecule has 1 saturated heterocycles. The summed E-state index contributed by atoms with van der Waals surface area (Å²) in [6, 6.07) is 0. The van der Waals surface area contributed by atoms with Crippen molar-refractivity contribution in [3.05, 3.63) is 22.7 Å². The molecule has 8 nitrogen and oxygen atoms in total. The minimum Gasteiger partial charge on any atom is -0.389 e. The number of likely N-dealkylation sites (N-methyl/N-ethyl adjacent to an activating group) is 1. The second-order valence-electron chi connectivity index (χ2n) is 6.84. The highest BCUT2D eigenvalue weighted by molar-refractivity contribution is 5.34. The molecule has 0 saturated carbocycles. The topological polar surface area (TPSA) is 80.1 Å². The van der Waals surface area contributed by atoms with Gasteiger partial charge in [-0.05, 0) is 13.8 Å². The molecule has 1 aliphatic heterocycles. The Bertz CT molecular complexity index is 592. The van der Waals surface area contributed by atoms with Crippen LogP contribution in [0.5, 0.6) is 0 Å². The third-order valence-electron chi connectivity index (χ3n) is 4.15. The zero-order valence-corrected chi connectivity index (χ0v) is 15.6. The van der Waals surface area contributed by atoms with Gasteiger partial charge >= 0.3 is 0 Å². The van der Waals surface area contributed by atoms with Crippen LogP contribution in [0.2, 0.25) is 0 Å². The van der Waals surface area contributed by atoms with E-state index in [1.54, 1.807) is 19.4 Å². The van der Waals surface area contributed by atoms with Crippen molar-refractivity contribution in [1.82, 2.24) is 14.5 Å². The first kappa shape index (κ1) is 19.8. The summed E-state index contributed by atoms with van der Waals surface area (Å²) in [4.78, 5) is 20.3. The van der Waals surface area contributed by atoms with Crippen molar-refractivity contribution >= 4 is 5.82 Å². The highest BCUT2D eigenvalue weighted by Gasteiger charge is 2.24. The van der Waals surface area contributed by atoms with Crippen LogP contribution in [0.4, 0.5) is 5.82 Å². The van der Waals surface area contributed by atoms with Crippen molar-refractivity contribution in [3.8, 4) is 0 Å². The molecule has 0 spiro atoms. The smallest absolute Gasteiger partial charge is 0.293 e. The minimum absolute atomic E-state index is 0.0383. The molecule has 25 heavy (non-hydrogen) atoms. The van der Waals surface area contributed by atoms with Gasteiger partial charge in [-0.15, -0.1) is 0 Å². The van der Waals surface area contributed by atoms with Crippen LogP contribution in [0.25, 0.3) is 0 Å². The molecule has 1 N–H and O–H groups in total. The number of nitrogens with zero attached hydrogens (tertiary/aromatic N) is 4. The van der Waals surface area contributed by atoms with E-state index >= 15 is 0 Å². The maximum atomic E-state index is 12.1. The van der Waals surface area contributed by atoms with Crippen molar-refractivity contribution in [3.63, 3.8) is 0 Å². The molecule has 1 aromatic heterocycles. The molecular formula is C17H30N4O4. The van der Waals surface area contributed by atoms with E-state index in [-0.39, 0.29) is 17.8 Å². The predicted octanol–water partition coefficient (Wildman–Crippen LogP) is -0.297. The van der Waals surface area contributed by atoms with Crippen LogP contribution < -0.4 is 10.5 Å². The molecule has 0 aliphatic carbocycles. The summed E-state index contributed by atoms with van der Waals surface area (Å²) < 4.78 is 12.8. The second kappa shape index (κ2) is 9.28. The Morgan fingerprint density at radius 2 is 2.28 bits per heavy atom. The van der Waals surface area contributed by atoms with Gasteiger partial charge in [0.25, 0.3) is 5.56 Å². The van der Waals surface area contributed by atoms with Crippen LogP contribution in [0, 0.1) is 0 Å². The SMILES string of the molecule is CC(C)OC[C@H](O)CN1CCO[C@H](CN(C)c2nccn(C)c2=O)C1. The first-order valence-corrected chi connectivity index (χ1v) is 8.73. The second-order valence-corrected chi connectivity index (χ2v) is 6.84. The Labute approximate surface area is 149 Å². The number of aliphatic hydroxyl groups is 1. The van der Waals surface area contributed by atoms with Crippen molar-refractivity contribution in [2.24, 2.45) is 7.05 Å². The molecule has 8 heteroatoms. The Kier molecular flexibility index (Phi) is 7.37. The number of aromatic nitrogens is 2. The standard InChI is InChI=1S/C17H30N4O4/c1-13(2)25-12-14(22)9-21-7-8-24-15(11-21)10-20(4)16-17(23)19(3)6-5-18-16/h5-6,13-15,22H,7-12H2,1-4H3/t14-,15-/m1/s1. The van der Waals surface area contributed by atoms with Crippen LogP contribution in [-0.2, 0) is 16.5 Å². The van der Waals surface area contributed by atoms with E-state index in [2.05, 4.69) is 9.88 Å². The zero-order chi connectivity index (χ0) is 18.4. The molecule has 1 aliphatic rings. The lowest BCUT2D eigenvalue weighted by molar-refractivity contribution is -0.0532. The summed E-state index contributed by atoms with van der Waals surface area (Å²) in [6.45, 7) is 7.47. The van der Waals surface area contributed by atoms with Crippen LogP contribution >= 0.6 is 0 Å². The normalized spacial score (nSPS) is 20.0. The Hall–Kier alpha value is -1.48. The van der Waals surface area contributed by atoms with E-state index in [9.17, 15) is 9.90 Å². The van der Waals surface area contributed by atoms with Gasteiger partial charge in [-0.1, -0.05) is 0 Å². The minimum atomic E-state index is -0.512. The average Bonchev–Trinajstić information content (AvgIpc) is 2.55. The van der Waals surface area contributed by atoms with Gasteiger partial charge in [0.1, 0.15) is 0 Å². The van der Waals surface area contributed by atoms with E-state index in [0.29, 0.717) is 38.7 Å². The number of aliphatic hydroxyl groups excluding tert-OH is 1. The van der Waals surface area contributed by atoms with Gasteiger partial charge in [0.15, 0.2) is 5.82 Å². The van der Waals surface area contributed by atoms with E-state index in [0.717, 1.165) is 6.54 Å². The molecule has 0 radical (unpaired) electrons. The van der Waals surface area contributed by atoms with Gasteiger partial charge in [-0.25, -0.2) is 4.98 Å². The number of aryl methyl sites for hydroxylation is 1. The summed E-state index contributed by atoms with van der Waals surface area (Å²) in [5, 5.41) is 10.1. The molecule has 2 rings (SSSR count). The van der Waals surface area contributed by atoms with Gasteiger partial charge < -0.3 is 24.0 Å². The molecule has 1 fully saturated rings. The average molecular weight is 354 g/mol. The van der Waals surface area contributed by atoms with Crippen molar-refractivity contribution in [2.75, 3.05) is 51.3 Å². The first-order chi connectivity index (χ1) is 11.9. The monoisotopic (exact) mass is 354 g/mol. The largest absolute Gasteiger partial charge is 0.389 e. The fourth-order valence-corrected chi connectivity index (χ4v) is 2.85. The van der Waals surface area contributed by atoms with Crippen LogP contribution in [-0.4, -0.2) is 84.3 Å². The lowest BCUT2D eigenvalue weighted by Crippen LogP contribution is -2.50. The maximum absolute atomic E-state index is 12.1. The highest BCUT2D eigenvalue weighted by Crippen LogP contribution is 2.10. The summed E-state index contributed by atoms with van der Waals surface area (Å²) in [6.07, 6.45) is 2.82. The zero-order valence-electron chi connectivity index (χ0n) is 15.6. The molecule has 0 amide bonds. The maximum Gasteiger partial charge on any atom is 0.293 e. The van der Waals surface area contributed by atoms with Crippen LogP contribution in [0.1, 0.15) is 13.8 Å². The summed E-state index contributed by atoms with van der Waals surface area (Å²) in [5.41, 5.74) is -0.126. The lowest BCUT2D eigenvalue weighted by Gasteiger charge is -2.35. The fourth-order valence-electron chi connectivity index (χ4n) is 2.85. The molecule has 0 unspecified atom stereocenters. The van der Waals surface area contributed by atoms with Gasteiger partial charge in [-0.2, -0.15) is 0 Å². The van der Waals surface area contributed by atoms with Crippen molar-refractivity contribution < 1.29 is 14.6 Å². The van der Waals surface area contributed by atoms with E-state index in [1.807, 2.05) is 25.8 Å². The number of hydrogen-bond acceptors (Lipinski definition) is 7. The molecular weight excluding hydrogens is 324 g/mol. The fraction of sp³-hybridized carbons (Fsp3) is 0.765. The number of β-amino-alcohol motifs (C(OH)–C–C–N with tert-alkyl or cyclic N) is 1. The molecule has 0 bridgehead atoms. The van der Waals surface area contributed by atoms with Gasteiger partial charge in [0.05, 0.1) is 31.5 Å². The van der Waals surface area contributed by atoms with Gasteiger partial charge in [0, 0.05) is 52.7 Å². The molecule has 142 valence electrons. The summed E-state index contributed by atoms with van der Waals surface area (Å²) >= 11 is 0. The van der Waals surface area contributed by atoms with Gasteiger partial charge in [-0.3, -0.25) is 9.69 Å². The number of hydrogen-bond donors (Lipinski definition) is 1. The number of anilines is 1. The Balaban J connectivity index is 1.86. The number of rotatable bonds is 8. The summed E-state index contributed by atoms with van der Waals surface area (Å²) in [5.74, 6) is 0.413. The van der Waals surface area contributed by atoms with E-state index in [1.165, 1.54) is 4.57 Å². The van der Waals surface area contributed by atoms with Crippen molar-refractivity contribution in [2.45, 2.75) is 32.2 Å². The van der Waals surface area contributed by atoms with Crippen molar-refractivity contribution in [1.29, 1.82) is 0 Å². The molecule has 2 atom stereocenters. The van der Waals surface area contributed by atoms with E-state index < -0.39 is 6.10 Å². The molecule has 2 heterocycles. The van der Waals surface area contributed by atoms with Crippen LogP contribution in [0.15, 0.2) is 17.2 Å². The Morgan fingerprint density at radius 3 is 3.00 bits per heavy atom. The van der Waals surface area contributed by atoms with E-state index in [4.69, 9.17) is 9.47 Å². The lowest BCUT2D eigenvalue weighted by atomic mass is 10.2. The molecule has 1 aromatic rings.